The van der Waals surface area contributed by atoms with Crippen LogP contribution in [0.15, 0.2) is 42.1 Å². The van der Waals surface area contributed by atoms with Crippen molar-refractivity contribution in [3.05, 3.63) is 63.8 Å². The number of nitrogens with one attached hydrogen (secondary N) is 1. The maximum atomic E-state index is 12.4. The van der Waals surface area contributed by atoms with E-state index in [4.69, 9.17) is 21.1 Å². The second-order valence-electron chi connectivity index (χ2n) is 6.55. The van der Waals surface area contributed by atoms with Gasteiger partial charge in [-0.3, -0.25) is 9.59 Å². The fourth-order valence-corrected chi connectivity index (χ4v) is 3.22. The molecule has 0 aliphatic carbocycles. The number of halogens is 1. The summed E-state index contributed by atoms with van der Waals surface area (Å²) >= 11 is 6.38. The molecule has 0 radical (unpaired) electrons. The summed E-state index contributed by atoms with van der Waals surface area (Å²) in [5.74, 6) is -0.844. The van der Waals surface area contributed by atoms with E-state index in [2.05, 4.69) is 16.1 Å². The Morgan fingerprint density at radius 2 is 2.00 bits per heavy atom. The molecule has 0 bridgehead atoms. The maximum Gasteiger partial charge on any atom is 0.329 e. The molecule has 10 heteroatoms. The zero-order valence-electron chi connectivity index (χ0n) is 17.2. The van der Waals surface area contributed by atoms with E-state index in [0.29, 0.717) is 22.4 Å². The Balaban J connectivity index is 1.83. The first-order valence-electron chi connectivity index (χ1n) is 9.27. The molecule has 9 nitrogen and oxygen atoms in total. The zero-order valence-corrected chi connectivity index (χ0v) is 17.9. The highest BCUT2D eigenvalue weighted by molar-refractivity contribution is 6.32. The van der Waals surface area contributed by atoms with Crippen molar-refractivity contribution in [2.45, 2.75) is 6.61 Å². The van der Waals surface area contributed by atoms with E-state index in [-0.39, 0.29) is 23.1 Å². The van der Waals surface area contributed by atoms with Crippen molar-refractivity contribution in [3.63, 3.8) is 0 Å². The standard InChI is InChI=1S/C22H18ClN3O6/c1-30-18-9-13(8-17-21(28)26(22(29)25-17)11-19(27)31-2)7-16(23)20(18)32-12-15-6-4-3-5-14(15)10-24/h3-9H,11-12H2,1-2H3,(H,25,29)/b17-8+. The highest BCUT2D eigenvalue weighted by atomic mass is 35.5. The van der Waals surface area contributed by atoms with Crippen molar-refractivity contribution < 1.29 is 28.6 Å². The maximum absolute atomic E-state index is 12.4. The Hall–Kier alpha value is -4.03. The summed E-state index contributed by atoms with van der Waals surface area (Å²) in [6, 6.07) is 11.5. The van der Waals surface area contributed by atoms with Crippen molar-refractivity contribution >= 4 is 35.6 Å². The van der Waals surface area contributed by atoms with Gasteiger partial charge in [0, 0.05) is 5.56 Å². The van der Waals surface area contributed by atoms with Crippen LogP contribution in [0.3, 0.4) is 0 Å². The summed E-state index contributed by atoms with van der Waals surface area (Å²) in [6.45, 7) is -0.406. The molecule has 2 aromatic carbocycles. The number of methoxy groups -OCH3 is 2. The monoisotopic (exact) mass is 455 g/mol. The SMILES string of the molecule is COC(=O)CN1C(=O)N/C(=C/c2cc(Cl)c(OCc3ccccc3C#N)c(OC)c2)C1=O. The molecule has 164 valence electrons. The average molecular weight is 456 g/mol. The van der Waals surface area contributed by atoms with E-state index in [1.165, 1.54) is 19.3 Å². The lowest BCUT2D eigenvalue weighted by Crippen LogP contribution is -2.36. The molecule has 2 aromatic rings. The molecule has 32 heavy (non-hydrogen) atoms. The van der Waals surface area contributed by atoms with E-state index in [1.54, 1.807) is 30.3 Å². The number of hydrogen-bond acceptors (Lipinski definition) is 7. The summed E-state index contributed by atoms with van der Waals surface area (Å²) in [4.78, 5) is 36.6. The van der Waals surface area contributed by atoms with Crippen LogP contribution in [0.2, 0.25) is 5.02 Å². The molecule has 0 spiro atoms. The second-order valence-corrected chi connectivity index (χ2v) is 6.95. The van der Waals surface area contributed by atoms with E-state index < -0.39 is 24.5 Å². The molecule has 1 N–H and O–H groups in total. The molecule has 0 aromatic heterocycles. The highest BCUT2D eigenvalue weighted by Crippen LogP contribution is 2.37. The van der Waals surface area contributed by atoms with Gasteiger partial charge in [-0.1, -0.05) is 29.8 Å². The summed E-state index contributed by atoms with van der Waals surface area (Å²) in [5.41, 5.74) is 1.59. The summed E-state index contributed by atoms with van der Waals surface area (Å²) in [5, 5.41) is 11.8. The smallest absolute Gasteiger partial charge is 0.329 e. The minimum Gasteiger partial charge on any atom is -0.493 e. The lowest BCUT2D eigenvalue weighted by atomic mass is 10.1. The molecule has 3 amide bonds. The summed E-state index contributed by atoms with van der Waals surface area (Å²) < 4.78 is 15.7. The molecule has 1 aliphatic rings. The number of nitrogens with zero attached hydrogens (tertiary/aromatic N) is 2. The van der Waals surface area contributed by atoms with Gasteiger partial charge in [0.1, 0.15) is 18.8 Å². The first kappa shape index (κ1) is 22.7. The molecule has 0 saturated carbocycles. The van der Waals surface area contributed by atoms with Gasteiger partial charge in [-0.2, -0.15) is 5.26 Å². The first-order chi connectivity index (χ1) is 15.4. The van der Waals surface area contributed by atoms with Crippen LogP contribution in [0.1, 0.15) is 16.7 Å². The van der Waals surface area contributed by atoms with Crippen LogP contribution in [-0.2, 0) is 20.9 Å². The fourth-order valence-electron chi connectivity index (χ4n) is 2.94. The minimum absolute atomic E-state index is 0.0337. The first-order valence-corrected chi connectivity index (χ1v) is 9.65. The van der Waals surface area contributed by atoms with Gasteiger partial charge in [-0.05, 0) is 29.8 Å². The Morgan fingerprint density at radius 1 is 1.25 bits per heavy atom. The van der Waals surface area contributed by atoms with Gasteiger partial charge in [-0.25, -0.2) is 9.69 Å². The predicted octanol–water partition coefficient (Wildman–Crippen LogP) is 2.86. The lowest BCUT2D eigenvalue weighted by Gasteiger charge is -2.14. The molecule has 0 unspecified atom stereocenters. The Bertz CT molecular complexity index is 1150. The molecule has 0 atom stereocenters. The highest BCUT2D eigenvalue weighted by Gasteiger charge is 2.35. The van der Waals surface area contributed by atoms with Gasteiger partial charge >= 0.3 is 12.0 Å². The molecular formula is C22H18ClN3O6. The number of hydrogen-bond donors (Lipinski definition) is 1. The summed E-state index contributed by atoms with van der Waals surface area (Å²) in [7, 11) is 2.59. The van der Waals surface area contributed by atoms with Crippen LogP contribution in [0.5, 0.6) is 11.5 Å². The molecule has 1 saturated heterocycles. The number of imide groups is 1. The molecule has 3 rings (SSSR count). The molecule has 1 heterocycles. The second kappa shape index (κ2) is 9.85. The lowest BCUT2D eigenvalue weighted by molar-refractivity contribution is -0.143. The van der Waals surface area contributed by atoms with Gasteiger partial charge in [0.2, 0.25) is 0 Å². The Kier molecular flexibility index (Phi) is 6.97. The number of amides is 3. The molecule has 1 aliphatic heterocycles. The van der Waals surface area contributed by atoms with Gasteiger partial charge in [0.05, 0.1) is 30.9 Å². The van der Waals surface area contributed by atoms with Gasteiger partial charge < -0.3 is 19.5 Å². The molecule has 1 fully saturated rings. The number of ether oxygens (including phenoxy) is 3. The van der Waals surface area contributed by atoms with Crippen LogP contribution in [0.25, 0.3) is 6.08 Å². The third-order valence-electron chi connectivity index (χ3n) is 4.55. The fraction of sp³-hybridized carbons (Fsp3) is 0.182. The van der Waals surface area contributed by atoms with Crippen LogP contribution >= 0.6 is 11.6 Å². The van der Waals surface area contributed by atoms with E-state index in [0.717, 1.165) is 12.0 Å². The molecular weight excluding hydrogens is 438 g/mol. The van der Waals surface area contributed by atoms with Crippen LogP contribution in [-0.4, -0.2) is 43.6 Å². The van der Waals surface area contributed by atoms with Crippen molar-refractivity contribution in [2.24, 2.45) is 0 Å². The van der Waals surface area contributed by atoms with Crippen LogP contribution in [0.4, 0.5) is 4.79 Å². The van der Waals surface area contributed by atoms with Crippen LogP contribution in [0, 0.1) is 11.3 Å². The number of carbonyl (C=O) groups is 3. The van der Waals surface area contributed by atoms with E-state index in [9.17, 15) is 19.6 Å². The Labute approximate surface area is 188 Å². The minimum atomic E-state index is -0.735. The Morgan fingerprint density at radius 3 is 2.69 bits per heavy atom. The summed E-state index contributed by atoms with van der Waals surface area (Å²) in [6.07, 6.45) is 1.40. The third kappa shape index (κ3) is 4.82. The van der Waals surface area contributed by atoms with Gasteiger partial charge in [0.25, 0.3) is 5.91 Å². The predicted molar refractivity (Wildman–Crippen MR) is 114 cm³/mol. The van der Waals surface area contributed by atoms with Gasteiger partial charge in [-0.15, -0.1) is 0 Å². The van der Waals surface area contributed by atoms with Crippen molar-refractivity contribution in [1.82, 2.24) is 10.2 Å². The van der Waals surface area contributed by atoms with Gasteiger partial charge in [0.15, 0.2) is 11.5 Å². The van der Waals surface area contributed by atoms with Crippen LogP contribution < -0.4 is 14.8 Å². The van der Waals surface area contributed by atoms with Crippen molar-refractivity contribution in [3.8, 4) is 17.6 Å². The number of rotatable bonds is 7. The normalized spacial score (nSPS) is 14.2. The third-order valence-corrected chi connectivity index (χ3v) is 4.83. The van der Waals surface area contributed by atoms with Crippen molar-refractivity contribution in [2.75, 3.05) is 20.8 Å². The number of esters is 1. The number of carbonyl (C=O) groups excluding carboxylic acids is 3. The average Bonchev–Trinajstić information content (AvgIpc) is 3.05. The topological polar surface area (TPSA) is 118 Å². The quantitative estimate of drug-likeness (QED) is 0.387. The van der Waals surface area contributed by atoms with E-state index >= 15 is 0 Å². The number of urea groups is 1. The van der Waals surface area contributed by atoms with E-state index in [1.807, 2.05) is 0 Å². The zero-order chi connectivity index (χ0) is 23.3. The number of nitriles is 1. The number of benzene rings is 2. The van der Waals surface area contributed by atoms with Crippen molar-refractivity contribution in [1.29, 1.82) is 5.26 Å². The largest absolute Gasteiger partial charge is 0.493 e.